The van der Waals surface area contributed by atoms with Gasteiger partial charge in [0.15, 0.2) is 0 Å². The van der Waals surface area contributed by atoms with Gasteiger partial charge >= 0.3 is 0 Å². The SMILES string of the molecule is Cc1csc(-c2ccc3[nH]ccc3c2)n1. The number of aromatic amines is 1. The Labute approximate surface area is 91.6 Å². The largest absolute Gasteiger partial charge is 0.361 e. The molecule has 0 saturated carbocycles. The minimum Gasteiger partial charge on any atom is -0.361 e. The summed E-state index contributed by atoms with van der Waals surface area (Å²) in [5.41, 5.74) is 3.45. The van der Waals surface area contributed by atoms with E-state index in [4.69, 9.17) is 0 Å². The molecule has 3 aromatic rings. The Morgan fingerprint density at radius 1 is 1.27 bits per heavy atom. The van der Waals surface area contributed by atoms with Crippen LogP contribution in [0.2, 0.25) is 0 Å². The molecule has 3 heteroatoms. The Hall–Kier alpha value is -1.61. The molecule has 1 N–H and O–H groups in total. The zero-order chi connectivity index (χ0) is 10.3. The monoisotopic (exact) mass is 214 g/mol. The van der Waals surface area contributed by atoms with Crippen LogP contribution in [0.4, 0.5) is 0 Å². The van der Waals surface area contributed by atoms with Crippen LogP contribution in [-0.4, -0.2) is 9.97 Å². The van der Waals surface area contributed by atoms with Crippen molar-refractivity contribution in [2.45, 2.75) is 6.92 Å². The van der Waals surface area contributed by atoms with E-state index >= 15 is 0 Å². The number of benzene rings is 1. The lowest BCUT2D eigenvalue weighted by molar-refractivity contribution is 1.27. The van der Waals surface area contributed by atoms with Gasteiger partial charge in [0.2, 0.25) is 0 Å². The van der Waals surface area contributed by atoms with Gasteiger partial charge in [-0.3, -0.25) is 0 Å². The van der Waals surface area contributed by atoms with Crippen molar-refractivity contribution in [1.82, 2.24) is 9.97 Å². The standard InChI is InChI=1S/C12H10N2S/c1-8-7-15-12(14-8)10-2-3-11-9(6-10)4-5-13-11/h2-7,13H,1H3. The Morgan fingerprint density at radius 2 is 2.20 bits per heavy atom. The van der Waals surface area contributed by atoms with Crippen LogP contribution in [0.1, 0.15) is 5.69 Å². The van der Waals surface area contributed by atoms with Crippen LogP contribution in [0.25, 0.3) is 21.5 Å². The molecule has 74 valence electrons. The van der Waals surface area contributed by atoms with E-state index < -0.39 is 0 Å². The highest BCUT2D eigenvalue weighted by molar-refractivity contribution is 7.13. The molecule has 1 aromatic carbocycles. The first kappa shape index (κ1) is 8.68. The minimum atomic E-state index is 1.09. The first-order valence-electron chi connectivity index (χ1n) is 4.82. The summed E-state index contributed by atoms with van der Waals surface area (Å²) in [5.74, 6) is 0. The molecule has 0 fully saturated rings. The fraction of sp³-hybridized carbons (Fsp3) is 0.0833. The number of fused-ring (bicyclic) bond motifs is 1. The third kappa shape index (κ3) is 1.45. The lowest BCUT2D eigenvalue weighted by Gasteiger charge is -1.96. The van der Waals surface area contributed by atoms with Gasteiger partial charge in [-0.25, -0.2) is 4.98 Å². The second kappa shape index (κ2) is 3.21. The van der Waals surface area contributed by atoms with Gasteiger partial charge in [0.05, 0.1) is 0 Å². The van der Waals surface area contributed by atoms with Gasteiger partial charge < -0.3 is 4.98 Å². The van der Waals surface area contributed by atoms with Crippen LogP contribution in [0.15, 0.2) is 35.8 Å². The lowest BCUT2D eigenvalue weighted by Crippen LogP contribution is -1.77. The maximum absolute atomic E-state index is 4.48. The number of nitrogens with zero attached hydrogens (tertiary/aromatic N) is 1. The summed E-state index contributed by atoms with van der Waals surface area (Å²) < 4.78 is 0. The molecule has 0 aliphatic heterocycles. The molecule has 2 aromatic heterocycles. The van der Waals surface area contributed by atoms with E-state index in [9.17, 15) is 0 Å². The van der Waals surface area contributed by atoms with Gasteiger partial charge in [-0.15, -0.1) is 11.3 Å². The molecular weight excluding hydrogens is 204 g/mol. The quantitative estimate of drug-likeness (QED) is 0.658. The van der Waals surface area contributed by atoms with E-state index in [-0.39, 0.29) is 0 Å². The molecule has 0 radical (unpaired) electrons. The molecular formula is C12H10N2S. The molecule has 2 nitrogen and oxygen atoms in total. The zero-order valence-corrected chi connectivity index (χ0v) is 9.14. The normalized spacial score (nSPS) is 11.0. The van der Waals surface area contributed by atoms with E-state index in [0.717, 1.165) is 10.7 Å². The molecule has 2 heterocycles. The Morgan fingerprint density at radius 3 is 3.00 bits per heavy atom. The average molecular weight is 214 g/mol. The van der Waals surface area contributed by atoms with Crippen LogP contribution in [-0.2, 0) is 0 Å². The molecule has 0 unspecified atom stereocenters. The van der Waals surface area contributed by atoms with Gasteiger partial charge in [-0.2, -0.15) is 0 Å². The smallest absolute Gasteiger partial charge is 0.123 e. The summed E-state index contributed by atoms with van der Waals surface area (Å²) in [6.07, 6.45) is 1.96. The first-order chi connectivity index (χ1) is 7.33. The highest BCUT2D eigenvalue weighted by Gasteiger charge is 2.03. The number of rotatable bonds is 1. The number of aromatic nitrogens is 2. The third-order valence-electron chi connectivity index (χ3n) is 2.42. The zero-order valence-electron chi connectivity index (χ0n) is 8.32. The molecule has 0 bridgehead atoms. The van der Waals surface area contributed by atoms with E-state index in [1.807, 2.05) is 13.1 Å². The van der Waals surface area contributed by atoms with Crippen LogP contribution < -0.4 is 0 Å². The van der Waals surface area contributed by atoms with Crippen molar-refractivity contribution >= 4 is 22.2 Å². The van der Waals surface area contributed by atoms with Crippen LogP contribution in [0.3, 0.4) is 0 Å². The first-order valence-corrected chi connectivity index (χ1v) is 5.70. The fourth-order valence-electron chi connectivity index (χ4n) is 1.67. The number of hydrogen-bond donors (Lipinski definition) is 1. The Balaban J connectivity index is 2.18. The number of nitrogens with one attached hydrogen (secondary N) is 1. The van der Waals surface area contributed by atoms with Crippen molar-refractivity contribution in [2.75, 3.05) is 0 Å². The second-order valence-corrected chi connectivity index (χ2v) is 4.43. The summed E-state index contributed by atoms with van der Waals surface area (Å²) in [4.78, 5) is 7.67. The summed E-state index contributed by atoms with van der Waals surface area (Å²) >= 11 is 1.69. The van der Waals surface area contributed by atoms with Crippen LogP contribution >= 0.6 is 11.3 Å². The predicted octanol–water partition coefficient (Wildman–Crippen LogP) is 3.60. The number of H-pyrrole nitrogens is 1. The van der Waals surface area contributed by atoms with Crippen molar-refractivity contribution < 1.29 is 0 Å². The summed E-state index contributed by atoms with van der Waals surface area (Å²) in [6.45, 7) is 2.02. The number of thiazole rings is 1. The highest BCUT2D eigenvalue weighted by Crippen LogP contribution is 2.26. The summed E-state index contributed by atoms with van der Waals surface area (Å²) in [7, 11) is 0. The fourth-order valence-corrected chi connectivity index (χ4v) is 2.47. The predicted molar refractivity (Wildman–Crippen MR) is 64.1 cm³/mol. The molecule has 0 aliphatic rings. The lowest BCUT2D eigenvalue weighted by atomic mass is 10.2. The summed E-state index contributed by atoms with van der Waals surface area (Å²) in [5, 5.41) is 4.41. The van der Waals surface area contributed by atoms with Crippen LogP contribution in [0, 0.1) is 6.92 Å². The van der Waals surface area contributed by atoms with Crippen molar-refractivity contribution in [3.05, 3.63) is 41.5 Å². The second-order valence-electron chi connectivity index (χ2n) is 3.57. The summed E-state index contributed by atoms with van der Waals surface area (Å²) in [6, 6.07) is 8.46. The van der Waals surface area contributed by atoms with Gasteiger partial charge in [0.1, 0.15) is 5.01 Å². The van der Waals surface area contributed by atoms with E-state index in [2.05, 4.69) is 39.6 Å². The van der Waals surface area contributed by atoms with E-state index in [0.29, 0.717) is 0 Å². The maximum Gasteiger partial charge on any atom is 0.123 e. The number of hydrogen-bond acceptors (Lipinski definition) is 2. The topological polar surface area (TPSA) is 28.7 Å². The molecule has 0 aliphatic carbocycles. The molecule has 0 saturated heterocycles. The van der Waals surface area contributed by atoms with Crippen molar-refractivity contribution in [2.24, 2.45) is 0 Å². The highest BCUT2D eigenvalue weighted by atomic mass is 32.1. The average Bonchev–Trinajstić information content (AvgIpc) is 2.84. The minimum absolute atomic E-state index is 1.09. The van der Waals surface area contributed by atoms with Crippen molar-refractivity contribution in [1.29, 1.82) is 0 Å². The Bertz CT molecular complexity index is 607. The van der Waals surface area contributed by atoms with Gasteiger partial charge in [0, 0.05) is 33.7 Å². The van der Waals surface area contributed by atoms with Gasteiger partial charge in [-0.05, 0) is 31.2 Å². The molecule has 15 heavy (non-hydrogen) atoms. The Kier molecular flexibility index (Phi) is 1.86. The molecule has 3 rings (SSSR count). The maximum atomic E-state index is 4.48. The van der Waals surface area contributed by atoms with Gasteiger partial charge in [0.25, 0.3) is 0 Å². The van der Waals surface area contributed by atoms with Crippen molar-refractivity contribution in [3.8, 4) is 10.6 Å². The number of aryl methyl sites for hydroxylation is 1. The molecule has 0 spiro atoms. The molecule has 0 atom stereocenters. The molecule has 0 amide bonds. The van der Waals surface area contributed by atoms with Crippen LogP contribution in [0.5, 0.6) is 0 Å². The van der Waals surface area contributed by atoms with Gasteiger partial charge in [-0.1, -0.05) is 0 Å². The van der Waals surface area contributed by atoms with E-state index in [1.54, 1.807) is 11.3 Å². The van der Waals surface area contributed by atoms with Crippen molar-refractivity contribution in [3.63, 3.8) is 0 Å². The van der Waals surface area contributed by atoms with E-state index in [1.165, 1.54) is 16.5 Å². The third-order valence-corrected chi connectivity index (χ3v) is 3.43.